The number of rotatable bonds is 5. The summed E-state index contributed by atoms with van der Waals surface area (Å²) in [4.78, 5) is 40.9. The lowest BCUT2D eigenvalue weighted by Crippen LogP contribution is -2.63. The van der Waals surface area contributed by atoms with Crippen LogP contribution >= 0.6 is 27.5 Å². The Balaban J connectivity index is 1.30. The SMILES string of the molecule is Cc1ccc(CNC(=O)C2CN(C3c4ccc(Cl)cc4CCc4cc(Br)cnc43)CCN2C(=O)NC2CCCCC2)cn1. The number of amides is 3. The van der Waals surface area contributed by atoms with E-state index in [9.17, 15) is 9.59 Å². The Morgan fingerprint density at radius 3 is 2.60 bits per heavy atom. The molecule has 2 atom stereocenters. The molecule has 0 bridgehead atoms. The van der Waals surface area contributed by atoms with Gasteiger partial charge in [0.1, 0.15) is 6.04 Å². The molecular formula is C33H38BrClN6O2. The summed E-state index contributed by atoms with van der Waals surface area (Å²) in [5.41, 5.74) is 6.36. The van der Waals surface area contributed by atoms with Gasteiger partial charge in [0.25, 0.3) is 0 Å². The number of pyridine rings is 2. The number of hydrogen-bond donors (Lipinski definition) is 2. The minimum Gasteiger partial charge on any atom is -0.350 e. The number of hydrogen-bond acceptors (Lipinski definition) is 5. The lowest BCUT2D eigenvalue weighted by atomic mass is 9.95. The van der Waals surface area contributed by atoms with Gasteiger partial charge < -0.3 is 15.5 Å². The van der Waals surface area contributed by atoms with Crippen LogP contribution in [0.4, 0.5) is 4.79 Å². The van der Waals surface area contributed by atoms with E-state index in [0.717, 1.165) is 65.5 Å². The van der Waals surface area contributed by atoms with E-state index in [1.165, 1.54) is 17.5 Å². The molecule has 2 N–H and O–H groups in total. The molecule has 2 fully saturated rings. The summed E-state index contributed by atoms with van der Waals surface area (Å²) in [6.45, 7) is 3.73. The third kappa shape index (κ3) is 6.89. The fourth-order valence-corrected chi connectivity index (χ4v) is 7.28. The van der Waals surface area contributed by atoms with Crippen molar-refractivity contribution in [2.45, 2.75) is 76.5 Å². The summed E-state index contributed by atoms with van der Waals surface area (Å²) >= 11 is 10.1. The molecule has 1 aromatic carbocycles. The quantitative estimate of drug-likeness (QED) is 0.363. The first kappa shape index (κ1) is 30.0. The van der Waals surface area contributed by atoms with Gasteiger partial charge in [0.15, 0.2) is 0 Å². The summed E-state index contributed by atoms with van der Waals surface area (Å²) in [6.07, 6.45) is 10.8. The van der Waals surface area contributed by atoms with Crippen LogP contribution in [0.15, 0.2) is 53.3 Å². The molecule has 3 aliphatic rings. The highest BCUT2D eigenvalue weighted by atomic mass is 79.9. The van der Waals surface area contributed by atoms with Gasteiger partial charge in [-0.15, -0.1) is 0 Å². The third-order valence-corrected chi connectivity index (χ3v) is 9.67. The number of nitrogens with zero attached hydrogens (tertiary/aromatic N) is 4. The van der Waals surface area contributed by atoms with E-state index in [0.29, 0.717) is 31.2 Å². The molecule has 2 unspecified atom stereocenters. The molecule has 0 spiro atoms. The fraction of sp³-hybridized carbons (Fsp3) is 0.455. The summed E-state index contributed by atoms with van der Waals surface area (Å²) < 4.78 is 0.945. The lowest BCUT2D eigenvalue weighted by Gasteiger charge is -2.44. The molecule has 3 amide bonds. The molecule has 10 heteroatoms. The van der Waals surface area contributed by atoms with Gasteiger partial charge in [-0.2, -0.15) is 0 Å². The van der Waals surface area contributed by atoms with Crippen LogP contribution in [0.5, 0.6) is 0 Å². The molecule has 1 aliphatic heterocycles. The molecule has 2 aromatic heterocycles. The zero-order valence-electron chi connectivity index (χ0n) is 24.5. The summed E-state index contributed by atoms with van der Waals surface area (Å²) in [5, 5.41) is 7.06. The van der Waals surface area contributed by atoms with Crippen molar-refractivity contribution in [2.75, 3.05) is 19.6 Å². The van der Waals surface area contributed by atoms with Crippen LogP contribution in [0.25, 0.3) is 0 Å². The maximum absolute atomic E-state index is 13.9. The van der Waals surface area contributed by atoms with Gasteiger partial charge in [0.2, 0.25) is 5.91 Å². The Hall–Kier alpha value is -3.01. The van der Waals surface area contributed by atoms with E-state index in [-0.39, 0.29) is 24.0 Å². The van der Waals surface area contributed by atoms with Crippen LogP contribution in [-0.4, -0.2) is 63.4 Å². The van der Waals surface area contributed by atoms with Gasteiger partial charge in [0.05, 0.1) is 11.7 Å². The molecule has 6 rings (SSSR count). The highest BCUT2D eigenvalue weighted by molar-refractivity contribution is 9.10. The zero-order chi connectivity index (χ0) is 29.9. The van der Waals surface area contributed by atoms with Crippen LogP contribution in [-0.2, 0) is 24.2 Å². The van der Waals surface area contributed by atoms with E-state index in [2.05, 4.69) is 54.6 Å². The van der Waals surface area contributed by atoms with Crippen molar-refractivity contribution in [2.24, 2.45) is 0 Å². The van der Waals surface area contributed by atoms with E-state index < -0.39 is 6.04 Å². The first-order valence-electron chi connectivity index (χ1n) is 15.3. The maximum Gasteiger partial charge on any atom is 0.318 e. The van der Waals surface area contributed by atoms with E-state index >= 15 is 0 Å². The van der Waals surface area contributed by atoms with Gasteiger partial charge in [0, 0.05) is 59.8 Å². The first-order chi connectivity index (χ1) is 20.9. The summed E-state index contributed by atoms with van der Waals surface area (Å²) in [6, 6.07) is 11.3. The normalized spacial score (nSPS) is 21.0. The molecule has 3 heterocycles. The Labute approximate surface area is 266 Å². The number of carbonyl (C=O) groups excluding carboxylic acids is 2. The van der Waals surface area contributed by atoms with Gasteiger partial charge in [-0.05, 0) is 95.1 Å². The smallest absolute Gasteiger partial charge is 0.318 e. The predicted molar refractivity (Wildman–Crippen MR) is 171 cm³/mol. The Bertz CT molecular complexity index is 1430. The Kier molecular flexibility index (Phi) is 9.31. The van der Waals surface area contributed by atoms with Crippen LogP contribution < -0.4 is 10.6 Å². The number of urea groups is 1. The summed E-state index contributed by atoms with van der Waals surface area (Å²) in [7, 11) is 0. The first-order valence-corrected chi connectivity index (χ1v) is 16.5. The molecule has 1 saturated carbocycles. The number of fused-ring (bicyclic) bond motifs is 2. The fourth-order valence-electron chi connectivity index (χ4n) is 6.70. The van der Waals surface area contributed by atoms with Crippen LogP contribution in [0.3, 0.4) is 0 Å². The molecule has 8 nitrogen and oxygen atoms in total. The third-order valence-electron chi connectivity index (χ3n) is 9.00. The topological polar surface area (TPSA) is 90.5 Å². The average Bonchev–Trinajstić information content (AvgIpc) is 3.17. The van der Waals surface area contributed by atoms with E-state index in [1.54, 1.807) is 11.1 Å². The van der Waals surface area contributed by atoms with Crippen molar-refractivity contribution in [1.82, 2.24) is 30.4 Å². The van der Waals surface area contributed by atoms with Crippen molar-refractivity contribution in [3.05, 3.63) is 91.9 Å². The molecule has 0 radical (unpaired) electrons. The van der Waals surface area contributed by atoms with Crippen LogP contribution in [0, 0.1) is 6.92 Å². The van der Waals surface area contributed by atoms with Crippen molar-refractivity contribution >= 4 is 39.5 Å². The van der Waals surface area contributed by atoms with Crippen molar-refractivity contribution in [3.8, 4) is 0 Å². The highest BCUT2D eigenvalue weighted by Gasteiger charge is 2.40. The zero-order valence-corrected chi connectivity index (χ0v) is 26.8. The molecule has 1 saturated heterocycles. The maximum atomic E-state index is 13.9. The largest absolute Gasteiger partial charge is 0.350 e. The van der Waals surface area contributed by atoms with Gasteiger partial charge in [-0.3, -0.25) is 19.7 Å². The number of piperazine rings is 1. The van der Waals surface area contributed by atoms with Crippen LogP contribution in [0.1, 0.15) is 71.8 Å². The average molecular weight is 666 g/mol. The minimum absolute atomic E-state index is 0.154. The monoisotopic (exact) mass is 664 g/mol. The van der Waals surface area contributed by atoms with Crippen molar-refractivity contribution in [1.29, 1.82) is 0 Å². The van der Waals surface area contributed by atoms with Crippen LogP contribution in [0.2, 0.25) is 5.02 Å². The Morgan fingerprint density at radius 1 is 1.00 bits per heavy atom. The van der Waals surface area contributed by atoms with Crippen molar-refractivity contribution < 1.29 is 9.59 Å². The van der Waals surface area contributed by atoms with Gasteiger partial charge in [-0.25, -0.2) is 4.79 Å². The number of halogens is 2. The molecular weight excluding hydrogens is 628 g/mol. The second kappa shape index (κ2) is 13.3. The number of benzene rings is 1. The number of aromatic nitrogens is 2. The number of nitrogens with one attached hydrogen (secondary N) is 2. The molecule has 3 aromatic rings. The van der Waals surface area contributed by atoms with Gasteiger partial charge in [-0.1, -0.05) is 43.0 Å². The number of carbonyl (C=O) groups is 2. The van der Waals surface area contributed by atoms with Gasteiger partial charge >= 0.3 is 6.03 Å². The molecule has 226 valence electrons. The van der Waals surface area contributed by atoms with E-state index in [1.807, 2.05) is 31.3 Å². The lowest BCUT2D eigenvalue weighted by molar-refractivity contribution is -0.128. The predicted octanol–water partition coefficient (Wildman–Crippen LogP) is 5.73. The standard InChI is InChI=1S/C33H38BrClN6O2/c1-21-7-8-22(17-36-21)18-38-32(42)29-20-40(13-14-41(29)33(43)39-27-5-3-2-4-6-27)31-28-12-11-26(35)16-23(28)9-10-24-15-25(34)19-37-30(24)31/h7-8,11-12,15-17,19,27,29,31H,2-6,9-10,13-14,18,20H2,1H3,(H,38,42)(H,39,43). The van der Waals surface area contributed by atoms with Crippen molar-refractivity contribution in [3.63, 3.8) is 0 Å². The van der Waals surface area contributed by atoms with E-state index in [4.69, 9.17) is 16.6 Å². The second-order valence-electron chi connectivity index (χ2n) is 12.0. The molecule has 43 heavy (non-hydrogen) atoms. The Morgan fingerprint density at radius 2 is 1.81 bits per heavy atom. The second-order valence-corrected chi connectivity index (χ2v) is 13.3. The highest BCUT2D eigenvalue weighted by Crippen LogP contribution is 2.38. The molecule has 2 aliphatic carbocycles. The summed E-state index contributed by atoms with van der Waals surface area (Å²) in [5.74, 6) is -0.169. The minimum atomic E-state index is -0.659. The number of aryl methyl sites for hydroxylation is 3.